The van der Waals surface area contributed by atoms with Crippen molar-refractivity contribution < 1.29 is 9.84 Å². The standard InChI is InChI=1S/C16H22O2/c1-3-14(4-2)12-18-13-16-8-5-7-15(11-16)9-6-10-17/h5,7-8,11,14,17H,3-4,10,12-13H2,1-2H3. The van der Waals surface area contributed by atoms with Crippen molar-refractivity contribution in [2.75, 3.05) is 13.2 Å². The van der Waals surface area contributed by atoms with Gasteiger partial charge in [0.05, 0.1) is 6.61 Å². The molecule has 98 valence electrons. The van der Waals surface area contributed by atoms with E-state index in [0.29, 0.717) is 12.5 Å². The summed E-state index contributed by atoms with van der Waals surface area (Å²) < 4.78 is 5.73. The van der Waals surface area contributed by atoms with Crippen LogP contribution in [0.25, 0.3) is 0 Å². The van der Waals surface area contributed by atoms with Gasteiger partial charge in [0.25, 0.3) is 0 Å². The molecule has 0 spiro atoms. The monoisotopic (exact) mass is 246 g/mol. The van der Waals surface area contributed by atoms with Crippen molar-refractivity contribution in [2.24, 2.45) is 5.92 Å². The molecule has 0 fully saturated rings. The van der Waals surface area contributed by atoms with Crippen LogP contribution in [0.4, 0.5) is 0 Å². The van der Waals surface area contributed by atoms with Gasteiger partial charge in [0.1, 0.15) is 6.61 Å². The molecule has 0 radical (unpaired) electrons. The van der Waals surface area contributed by atoms with Gasteiger partial charge in [-0.3, -0.25) is 0 Å². The molecule has 2 nitrogen and oxygen atoms in total. The first kappa shape index (κ1) is 14.8. The van der Waals surface area contributed by atoms with E-state index in [0.717, 1.165) is 17.7 Å². The Hall–Kier alpha value is -1.30. The van der Waals surface area contributed by atoms with Gasteiger partial charge < -0.3 is 9.84 Å². The van der Waals surface area contributed by atoms with Crippen LogP contribution in [0.15, 0.2) is 24.3 Å². The molecule has 0 heterocycles. The summed E-state index contributed by atoms with van der Waals surface area (Å²) in [4.78, 5) is 0. The van der Waals surface area contributed by atoms with E-state index in [4.69, 9.17) is 9.84 Å². The molecular weight excluding hydrogens is 224 g/mol. The first-order valence-corrected chi connectivity index (χ1v) is 6.56. The molecule has 0 saturated carbocycles. The van der Waals surface area contributed by atoms with Crippen LogP contribution in [0.3, 0.4) is 0 Å². The molecule has 0 aliphatic carbocycles. The fraction of sp³-hybridized carbons (Fsp3) is 0.500. The highest BCUT2D eigenvalue weighted by Crippen LogP contribution is 2.10. The van der Waals surface area contributed by atoms with Crippen LogP contribution < -0.4 is 0 Å². The van der Waals surface area contributed by atoms with Gasteiger partial charge in [0, 0.05) is 12.2 Å². The molecule has 1 aromatic rings. The topological polar surface area (TPSA) is 29.5 Å². The fourth-order valence-electron chi connectivity index (χ4n) is 1.75. The fourth-order valence-corrected chi connectivity index (χ4v) is 1.75. The molecule has 0 aliphatic heterocycles. The lowest BCUT2D eigenvalue weighted by Gasteiger charge is -2.12. The quantitative estimate of drug-likeness (QED) is 0.782. The van der Waals surface area contributed by atoms with Gasteiger partial charge in [-0.25, -0.2) is 0 Å². The minimum Gasteiger partial charge on any atom is -0.384 e. The van der Waals surface area contributed by atoms with Crippen LogP contribution in [-0.2, 0) is 11.3 Å². The number of aliphatic hydroxyl groups excluding tert-OH is 1. The van der Waals surface area contributed by atoms with E-state index in [1.54, 1.807) is 0 Å². The molecule has 0 unspecified atom stereocenters. The highest BCUT2D eigenvalue weighted by molar-refractivity contribution is 5.36. The van der Waals surface area contributed by atoms with Gasteiger partial charge in [-0.05, 0) is 23.6 Å². The Bertz CT molecular complexity index is 397. The van der Waals surface area contributed by atoms with Crippen LogP contribution in [0.2, 0.25) is 0 Å². The second kappa shape index (κ2) is 8.74. The Balaban J connectivity index is 2.47. The van der Waals surface area contributed by atoms with Crippen molar-refractivity contribution in [3.05, 3.63) is 35.4 Å². The number of aliphatic hydroxyl groups is 1. The van der Waals surface area contributed by atoms with E-state index in [1.165, 1.54) is 12.8 Å². The second-order valence-corrected chi connectivity index (χ2v) is 4.36. The van der Waals surface area contributed by atoms with E-state index in [-0.39, 0.29) is 6.61 Å². The predicted molar refractivity (Wildman–Crippen MR) is 74.1 cm³/mol. The number of rotatable bonds is 6. The maximum absolute atomic E-state index is 8.66. The summed E-state index contributed by atoms with van der Waals surface area (Å²) in [5.41, 5.74) is 2.05. The number of ether oxygens (including phenoxy) is 1. The van der Waals surface area contributed by atoms with Crippen molar-refractivity contribution in [1.82, 2.24) is 0 Å². The van der Waals surface area contributed by atoms with Crippen molar-refractivity contribution in [1.29, 1.82) is 0 Å². The Morgan fingerprint density at radius 3 is 2.72 bits per heavy atom. The molecule has 0 atom stereocenters. The molecular formula is C16H22O2. The summed E-state index contributed by atoms with van der Waals surface area (Å²) in [5, 5.41) is 8.66. The molecule has 1 N–H and O–H groups in total. The molecule has 1 aromatic carbocycles. The third-order valence-electron chi connectivity index (χ3n) is 3.02. The molecule has 18 heavy (non-hydrogen) atoms. The summed E-state index contributed by atoms with van der Waals surface area (Å²) in [5.74, 6) is 6.20. The highest BCUT2D eigenvalue weighted by atomic mass is 16.5. The first-order chi connectivity index (χ1) is 8.80. The molecule has 0 aromatic heterocycles. The Labute approximate surface area is 110 Å². The molecule has 0 bridgehead atoms. The van der Waals surface area contributed by atoms with E-state index < -0.39 is 0 Å². The van der Waals surface area contributed by atoms with Crippen molar-refractivity contribution in [3.63, 3.8) is 0 Å². The number of hydrogen-bond donors (Lipinski definition) is 1. The number of benzene rings is 1. The average Bonchev–Trinajstić information content (AvgIpc) is 2.42. The molecule has 0 aliphatic rings. The smallest absolute Gasteiger partial charge is 0.104 e. The van der Waals surface area contributed by atoms with Gasteiger partial charge in [-0.15, -0.1) is 0 Å². The molecule has 2 heteroatoms. The van der Waals surface area contributed by atoms with Gasteiger partial charge >= 0.3 is 0 Å². The Kier molecular flexibility index (Phi) is 7.17. The van der Waals surface area contributed by atoms with Crippen molar-refractivity contribution >= 4 is 0 Å². The summed E-state index contributed by atoms with van der Waals surface area (Å²) in [6.07, 6.45) is 2.33. The van der Waals surface area contributed by atoms with Crippen LogP contribution in [0.5, 0.6) is 0 Å². The zero-order chi connectivity index (χ0) is 13.2. The molecule has 0 amide bonds. The summed E-state index contributed by atoms with van der Waals surface area (Å²) >= 11 is 0. The van der Waals surface area contributed by atoms with Crippen molar-refractivity contribution in [2.45, 2.75) is 33.3 Å². The van der Waals surface area contributed by atoms with E-state index in [1.807, 2.05) is 24.3 Å². The normalized spacial score (nSPS) is 10.2. The lowest BCUT2D eigenvalue weighted by molar-refractivity contribution is 0.0843. The van der Waals surface area contributed by atoms with E-state index >= 15 is 0 Å². The van der Waals surface area contributed by atoms with Crippen LogP contribution >= 0.6 is 0 Å². The van der Waals surface area contributed by atoms with E-state index in [9.17, 15) is 0 Å². The minimum atomic E-state index is -0.102. The Morgan fingerprint density at radius 2 is 2.06 bits per heavy atom. The SMILES string of the molecule is CCC(CC)COCc1cccc(C#CCO)c1. The summed E-state index contributed by atoms with van der Waals surface area (Å²) in [6.45, 7) is 5.74. The summed E-state index contributed by atoms with van der Waals surface area (Å²) in [6, 6.07) is 7.96. The van der Waals surface area contributed by atoms with Gasteiger partial charge in [0.2, 0.25) is 0 Å². The predicted octanol–water partition coefficient (Wildman–Crippen LogP) is 2.98. The maximum atomic E-state index is 8.66. The maximum Gasteiger partial charge on any atom is 0.104 e. The number of hydrogen-bond acceptors (Lipinski definition) is 2. The van der Waals surface area contributed by atoms with Gasteiger partial charge in [-0.2, -0.15) is 0 Å². The second-order valence-electron chi connectivity index (χ2n) is 4.36. The van der Waals surface area contributed by atoms with Crippen LogP contribution in [0, 0.1) is 17.8 Å². The van der Waals surface area contributed by atoms with E-state index in [2.05, 4.69) is 25.7 Å². The summed E-state index contributed by atoms with van der Waals surface area (Å²) in [7, 11) is 0. The third kappa shape index (κ3) is 5.35. The zero-order valence-electron chi connectivity index (χ0n) is 11.3. The lowest BCUT2D eigenvalue weighted by Crippen LogP contribution is -2.07. The van der Waals surface area contributed by atoms with Crippen molar-refractivity contribution in [3.8, 4) is 11.8 Å². The van der Waals surface area contributed by atoms with Crippen LogP contribution in [-0.4, -0.2) is 18.3 Å². The first-order valence-electron chi connectivity index (χ1n) is 6.56. The Morgan fingerprint density at radius 1 is 1.28 bits per heavy atom. The largest absolute Gasteiger partial charge is 0.384 e. The third-order valence-corrected chi connectivity index (χ3v) is 3.02. The molecule has 1 rings (SSSR count). The highest BCUT2D eigenvalue weighted by Gasteiger charge is 2.03. The van der Waals surface area contributed by atoms with Gasteiger partial charge in [0.15, 0.2) is 0 Å². The lowest BCUT2D eigenvalue weighted by atomic mass is 10.1. The average molecular weight is 246 g/mol. The molecule has 0 saturated heterocycles. The van der Waals surface area contributed by atoms with Crippen LogP contribution in [0.1, 0.15) is 37.8 Å². The van der Waals surface area contributed by atoms with Gasteiger partial charge in [-0.1, -0.05) is 50.7 Å². The zero-order valence-corrected chi connectivity index (χ0v) is 11.3. The minimum absolute atomic E-state index is 0.102.